The smallest absolute Gasteiger partial charge is 0.320 e. The van der Waals surface area contributed by atoms with Crippen LogP contribution in [-0.4, -0.2) is 16.7 Å². The molecule has 0 aliphatic carbocycles. The van der Waals surface area contributed by atoms with Crippen LogP contribution >= 0.6 is 39.1 Å². The zero-order valence-electron chi connectivity index (χ0n) is 10.7. The van der Waals surface area contributed by atoms with Crippen molar-refractivity contribution < 1.29 is 4.42 Å². The molecule has 0 amide bonds. The normalized spacial score (nSPS) is 10.8. The minimum absolute atomic E-state index is 0.276. The molecule has 2 rings (SSSR count). The Morgan fingerprint density at radius 1 is 1.25 bits per heavy atom. The van der Waals surface area contributed by atoms with Crippen LogP contribution in [0.25, 0.3) is 0 Å². The van der Waals surface area contributed by atoms with Gasteiger partial charge >= 0.3 is 6.01 Å². The lowest BCUT2D eigenvalue weighted by Crippen LogP contribution is -2.13. The monoisotopic (exact) mass is 378 g/mol. The molecular formula is C12H13BrCl2N4O. The minimum atomic E-state index is 0.276. The van der Waals surface area contributed by atoms with Crippen molar-refractivity contribution in [3.05, 3.63) is 32.5 Å². The summed E-state index contributed by atoms with van der Waals surface area (Å²) in [6, 6.07) is 3.84. The van der Waals surface area contributed by atoms with Crippen LogP contribution in [-0.2, 0) is 6.54 Å². The molecular weight excluding hydrogens is 367 g/mol. The number of rotatable bonds is 6. The van der Waals surface area contributed by atoms with Gasteiger partial charge in [0.2, 0.25) is 5.89 Å². The largest absolute Gasteiger partial charge is 0.406 e. The van der Waals surface area contributed by atoms with Crippen molar-refractivity contribution in [2.45, 2.75) is 19.9 Å². The van der Waals surface area contributed by atoms with E-state index in [9.17, 15) is 0 Å². The second kappa shape index (κ2) is 7.26. The second-order valence-corrected chi connectivity index (χ2v) is 5.64. The molecule has 0 radical (unpaired) electrons. The van der Waals surface area contributed by atoms with Crippen LogP contribution in [0.4, 0.5) is 11.7 Å². The molecule has 0 aliphatic heterocycles. The van der Waals surface area contributed by atoms with Crippen molar-refractivity contribution in [2.24, 2.45) is 0 Å². The van der Waals surface area contributed by atoms with Crippen LogP contribution in [0, 0.1) is 0 Å². The van der Waals surface area contributed by atoms with Crippen molar-refractivity contribution >= 4 is 50.8 Å². The highest BCUT2D eigenvalue weighted by molar-refractivity contribution is 9.10. The maximum atomic E-state index is 6.13. The van der Waals surface area contributed by atoms with Crippen LogP contribution in [0.5, 0.6) is 0 Å². The molecule has 5 nitrogen and oxygen atoms in total. The number of anilines is 2. The van der Waals surface area contributed by atoms with Crippen LogP contribution < -0.4 is 10.6 Å². The van der Waals surface area contributed by atoms with Crippen molar-refractivity contribution in [3.63, 3.8) is 0 Å². The number of hydrogen-bond donors (Lipinski definition) is 2. The zero-order valence-corrected chi connectivity index (χ0v) is 13.8. The molecule has 0 aliphatic rings. The van der Waals surface area contributed by atoms with Crippen LogP contribution in [0.15, 0.2) is 21.0 Å². The first-order chi connectivity index (χ1) is 9.61. The van der Waals surface area contributed by atoms with Gasteiger partial charge in [0.1, 0.15) is 0 Å². The van der Waals surface area contributed by atoms with Crippen molar-refractivity contribution in [1.82, 2.24) is 15.5 Å². The van der Waals surface area contributed by atoms with E-state index >= 15 is 0 Å². The molecule has 0 atom stereocenters. The number of hydrogen-bond acceptors (Lipinski definition) is 5. The van der Waals surface area contributed by atoms with E-state index in [2.05, 4.69) is 43.7 Å². The first kappa shape index (κ1) is 15.6. The quantitative estimate of drug-likeness (QED) is 0.575. The van der Waals surface area contributed by atoms with E-state index in [1.807, 2.05) is 0 Å². The zero-order chi connectivity index (χ0) is 14.5. The summed E-state index contributed by atoms with van der Waals surface area (Å²) >= 11 is 15.5. The summed E-state index contributed by atoms with van der Waals surface area (Å²) in [4.78, 5) is 0. The number of nitrogens with one attached hydrogen (secondary N) is 2. The summed E-state index contributed by atoms with van der Waals surface area (Å²) in [6.07, 6.45) is 1.05. The fraction of sp³-hybridized carbons (Fsp3) is 0.333. The Kier molecular flexibility index (Phi) is 5.65. The number of halogens is 3. The van der Waals surface area contributed by atoms with Crippen molar-refractivity contribution in [3.8, 4) is 0 Å². The van der Waals surface area contributed by atoms with E-state index in [0.29, 0.717) is 28.2 Å². The molecule has 8 heteroatoms. The maximum absolute atomic E-state index is 6.13. The first-order valence-electron chi connectivity index (χ1n) is 6.05. The summed E-state index contributed by atoms with van der Waals surface area (Å²) in [5.74, 6) is 0.514. The predicted molar refractivity (Wildman–Crippen MR) is 83.7 cm³/mol. The third-order valence-corrected chi connectivity index (χ3v) is 4.22. The lowest BCUT2D eigenvalue weighted by atomic mass is 10.3. The number of nitrogens with zero attached hydrogens (tertiary/aromatic N) is 2. The van der Waals surface area contributed by atoms with Gasteiger partial charge in [0.15, 0.2) is 0 Å². The van der Waals surface area contributed by atoms with Gasteiger partial charge in [0, 0.05) is 4.47 Å². The highest BCUT2D eigenvalue weighted by Crippen LogP contribution is 2.36. The molecule has 2 N–H and O–H groups in total. The van der Waals surface area contributed by atoms with Crippen LogP contribution in [0.2, 0.25) is 10.0 Å². The standard InChI is InChI=1S/C12H13BrCl2N4O/c1-2-5-16-6-9-18-19-12(20-9)17-8-4-3-7(13)10(14)11(8)15/h3-4,16H,2,5-6H2,1H3,(H,17,19). The molecule has 0 fully saturated rings. The second-order valence-electron chi connectivity index (χ2n) is 4.03. The third kappa shape index (κ3) is 3.85. The molecule has 20 heavy (non-hydrogen) atoms. The average Bonchev–Trinajstić information content (AvgIpc) is 2.88. The van der Waals surface area contributed by atoms with Crippen molar-refractivity contribution in [1.29, 1.82) is 0 Å². The van der Waals surface area contributed by atoms with E-state index < -0.39 is 0 Å². The Balaban J connectivity index is 2.05. The molecule has 0 saturated carbocycles. The molecule has 108 valence electrons. The Morgan fingerprint density at radius 2 is 2.05 bits per heavy atom. The van der Waals surface area contributed by atoms with E-state index in [0.717, 1.165) is 17.4 Å². The molecule has 1 heterocycles. The Hall–Kier alpha value is -0.820. The van der Waals surface area contributed by atoms with Crippen molar-refractivity contribution in [2.75, 3.05) is 11.9 Å². The maximum Gasteiger partial charge on any atom is 0.320 e. The number of aromatic nitrogens is 2. The minimum Gasteiger partial charge on any atom is -0.406 e. The summed E-state index contributed by atoms with van der Waals surface area (Å²) in [5, 5.41) is 14.8. The molecule has 0 bridgehead atoms. The predicted octanol–water partition coefficient (Wildman–Crippen LogP) is 4.38. The fourth-order valence-corrected chi connectivity index (χ4v) is 2.31. The third-order valence-electron chi connectivity index (χ3n) is 2.45. The van der Waals surface area contributed by atoms with Gasteiger partial charge in [-0.1, -0.05) is 35.2 Å². The summed E-state index contributed by atoms with van der Waals surface area (Å²) in [7, 11) is 0. The van der Waals surface area contributed by atoms with Gasteiger partial charge in [0.05, 0.1) is 22.3 Å². The van der Waals surface area contributed by atoms with E-state index in [-0.39, 0.29) is 6.01 Å². The van der Waals surface area contributed by atoms with E-state index in [4.69, 9.17) is 27.6 Å². The van der Waals surface area contributed by atoms with Gasteiger partial charge in [-0.2, -0.15) is 0 Å². The SMILES string of the molecule is CCCNCc1nnc(Nc2ccc(Br)c(Cl)c2Cl)o1. The lowest BCUT2D eigenvalue weighted by molar-refractivity contribution is 0.479. The summed E-state index contributed by atoms with van der Waals surface area (Å²) in [6.45, 7) is 3.53. The van der Waals surface area contributed by atoms with Gasteiger partial charge in [-0.3, -0.25) is 0 Å². The average molecular weight is 380 g/mol. The van der Waals surface area contributed by atoms with Gasteiger partial charge in [-0.15, -0.1) is 5.10 Å². The molecule has 1 aromatic heterocycles. The van der Waals surface area contributed by atoms with Gasteiger partial charge in [-0.05, 0) is 41.0 Å². The highest BCUT2D eigenvalue weighted by atomic mass is 79.9. The Bertz CT molecular complexity index is 591. The Labute approximate surface area is 135 Å². The van der Waals surface area contributed by atoms with Crippen LogP contribution in [0.3, 0.4) is 0 Å². The fourth-order valence-electron chi connectivity index (χ4n) is 1.49. The summed E-state index contributed by atoms with van der Waals surface area (Å²) in [5.41, 5.74) is 0.608. The number of benzene rings is 1. The van der Waals surface area contributed by atoms with Gasteiger partial charge in [0.25, 0.3) is 0 Å². The molecule has 0 unspecified atom stereocenters. The summed E-state index contributed by atoms with van der Waals surface area (Å²) < 4.78 is 6.18. The molecule has 0 saturated heterocycles. The van der Waals surface area contributed by atoms with Gasteiger partial charge in [-0.25, -0.2) is 0 Å². The highest BCUT2D eigenvalue weighted by Gasteiger charge is 2.11. The molecule has 2 aromatic rings. The van der Waals surface area contributed by atoms with E-state index in [1.54, 1.807) is 12.1 Å². The molecule has 0 spiro atoms. The first-order valence-corrected chi connectivity index (χ1v) is 7.60. The molecule has 1 aromatic carbocycles. The van der Waals surface area contributed by atoms with E-state index in [1.165, 1.54) is 0 Å². The topological polar surface area (TPSA) is 63.0 Å². The van der Waals surface area contributed by atoms with Gasteiger partial charge < -0.3 is 15.1 Å². The lowest BCUT2D eigenvalue weighted by Gasteiger charge is -2.06. The Morgan fingerprint density at radius 3 is 2.80 bits per heavy atom. The van der Waals surface area contributed by atoms with Crippen LogP contribution in [0.1, 0.15) is 19.2 Å².